The lowest BCUT2D eigenvalue weighted by atomic mass is 9.95. The van der Waals surface area contributed by atoms with Crippen LogP contribution in [0.2, 0.25) is 5.02 Å². The molecule has 2 heterocycles. The summed E-state index contributed by atoms with van der Waals surface area (Å²) in [5, 5.41) is 9.61. The third-order valence-corrected chi connectivity index (χ3v) is 5.19. The number of thiophene rings is 1. The quantitative estimate of drug-likeness (QED) is 0.778. The summed E-state index contributed by atoms with van der Waals surface area (Å²) in [5.41, 5.74) is 3.36. The second-order valence-corrected chi connectivity index (χ2v) is 6.84. The Bertz CT molecular complexity index is 867. The fourth-order valence-electron chi connectivity index (χ4n) is 2.77. The van der Waals surface area contributed by atoms with Gasteiger partial charge in [0.05, 0.1) is 0 Å². The third-order valence-electron chi connectivity index (χ3n) is 3.96. The predicted molar refractivity (Wildman–Crippen MR) is 89.8 cm³/mol. The number of amides is 1. The number of fused-ring (bicyclic) bond motifs is 3. The summed E-state index contributed by atoms with van der Waals surface area (Å²) >= 11 is 7.57. The van der Waals surface area contributed by atoms with Crippen molar-refractivity contribution in [2.75, 3.05) is 0 Å². The lowest BCUT2D eigenvalue weighted by Gasteiger charge is -2.10. The summed E-state index contributed by atoms with van der Waals surface area (Å²) in [7, 11) is 0. The van der Waals surface area contributed by atoms with Crippen LogP contribution < -0.4 is 5.32 Å². The van der Waals surface area contributed by atoms with Crippen LogP contribution in [0.5, 0.6) is 0 Å². The van der Waals surface area contributed by atoms with Gasteiger partial charge < -0.3 is 9.84 Å². The van der Waals surface area contributed by atoms with E-state index in [0.29, 0.717) is 17.3 Å². The minimum atomic E-state index is -0.205. The van der Waals surface area contributed by atoms with Crippen molar-refractivity contribution in [1.82, 2.24) is 10.5 Å². The van der Waals surface area contributed by atoms with Crippen LogP contribution in [0.1, 0.15) is 26.5 Å². The van der Waals surface area contributed by atoms with Crippen LogP contribution in [0, 0.1) is 0 Å². The highest BCUT2D eigenvalue weighted by molar-refractivity contribution is 7.10. The molecule has 0 saturated heterocycles. The summed E-state index contributed by atoms with van der Waals surface area (Å²) in [6.45, 7) is 0.432. The first-order chi connectivity index (χ1) is 11.2. The van der Waals surface area contributed by atoms with Gasteiger partial charge in [0.2, 0.25) is 0 Å². The third kappa shape index (κ3) is 2.66. The number of nitrogens with zero attached hydrogens (tertiary/aromatic N) is 1. The molecule has 6 heteroatoms. The highest BCUT2D eigenvalue weighted by Crippen LogP contribution is 2.37. The molecule has 0 fully saturated rings. The van der Waals surface area contributed by atoms with Crippen LogP contribution in [0.15, 0.2) is 40.2 Å². The molecule has 0 bridgehead atoms. The lowest BCUT2D eigenvalue weighted by Crippen LogP contribution is -2.24. The zero-order valence-electron chi connectivity index (χ0n) is 12.1. The number of aryl methyl sites for hydroxylation is 1. The summed E-state index contributed by atoms with van der Waals surface area (Å²) < 4.78 is 5.44. The molecule has 23 heavy (non-hydrogen) atoms. The molecule has 1 N–H and O–H groups in total. The number of carbonyl (C=O) groups is 1. The maximum Gasteiger partial charge on any atom is 0.274 e. The van der Waals surface area contributed by atoms with Crippen molar-refractivity contribution in [3.63, 3.8) is 0 Å². The number of nitrogens with one attached hydrogen (secondary N) is 1. The summed E-state index contributed by atoms with van der Waals surface area (Å²) in [6, 6.07) is 9.41. The number of hydrogen-bond acceptors (Lipinski definition) is 4. The SMILES string of the molecule is O=C(NCc1ccc(Cl)cc1)c1noc2c1CCc1sccc1-2. The lowest BCUT2D eigenvalue weighted by molar-refractivity contribution is 0.0941. The minimum absolute atomic E-state index is 0.205. The number of benzene rings is 1. The Balaban J connectivity index is 1.53. The van der Waals surface area contributed by atoms with Crippen molar-refractivity contribution in [2.45, 2.75) is 19.4 Å². The molecule has 4 nitrogen and oxygen atoms in total. The average molecular weight is 345 g/mol. The van der Waals surface area contributed by atoms with E-state index in [-0.39, 0.29) is 5.91 Å². The molecule has 0 spiro atoms. The van der Waals surface area contributed by atoms with E-state index < -0.39 is 0 Å². The van der Waals surface area contributed by atoms with Gasteiger partial charge in [0.25, 0.3) is 5.91 Å². The van der Waals surface area contributed by atoms with Crippen molar-refractivity contribution in [3.05, 3.63) is 62.4 Å². The average Bonchev–Trinajstić information content (AvgIpc) is 3.19. The maximum absolute atomic E-state index is 12.4. The van der Waals surface area contributed by atoms with Crippen LogP contribution in [0.25, 0.3) is 11.3 Å². The van der Waals surface area contributed by atoms with Crippen LogP contribution in [0.3, 0.4) is 0 Å². The molecule has 0 atom stereocenters. The molecule has 0 radical (unpaired) electrons. The summed E-state index contributed by atoms with van der Waals surface area (Å²) in [6.07, 6.45) is 1.72. The van der Waals surface area contributed by atoms with Crippen LogP contribution in [-0.4, -0.2) is 11.1 Å². The smallest absolute Gasteiger partial charge is 0.274 e. The molecule has 2 aromatic heterocycles. The van der Waals surface area contributed by atoms with E-state index in [1.165, 1.54) is 4.88 Å². The van der Waals surface area contributed by atoms with E-state index >= 15 is 0 Å². The van der Waals surface area contributed by atoms with Gasteiger partial charge in [0.15, 0.2) is 11.5 Å². The van der Waals surface area contributed by atoms with Gasteiger partial charge in [0.1, 0.15) is 0 Å². The van der Waals surface area contributed by atoms with E-state index in [1.54, 1.807) is 23.5 Å². The van der Waals surface area contributed by atoms with Crippen LogP contribution in [-0.2, 0) is 19.4 Å². The number of halogens is 1. The molecular formula is C17H13ClN2O2S. The molecule has 1 amide bonds. The fourth-order valence-corrected chi connectivity index (χ4v) is 3.78. The monoisotopic (exact) mass is 344 g/mol. The van der Waals surface area contributed by atoms with Gasteiger partial charge in [0, 0.05) is 27.6 Å². The highest BCUT2D eigenvalue weighted by Gasteiger charge is 2.28. The van der Waals surface area contributed by atoms with Gasteiger partial charge in [-0.25, -0.2) is 0 Å². The molecule has 116 valence electrons. The number of hydrogen-bond donors (Lipinski definition) is 1. The first kappa shape index (κ1) is 14.5. The predicted octanol–water partition coefficient (Wildman–Crippen LogP) is 4.09. The van der Waals surface area contributed by atoms with Gasteiger partial charge in [-0.05, 0) is 42.0 Å². The number of rotatable bonds is 3. The van der Waals surface area contributed by atoms with E-state index in [4.69, 9.17) is 16.1 Å². The van der Waals surface area contributed by atoms with Crippen molar-refractivity contribution in [1.29, 1.82) is 0 Å². The Morgan fingerprint density at radius 3 is 2.91 bits per heavy atom. The first-order valence-electron chi connectivity index (χ1n) is 7.30. The number of carbonyl (C=O) groups excluding carboxylic acids is 1. The standard InChI is InChI=1S/C17H13ClN2O2S/c18-11-3-1-10(2-4-11)9-19-17(21)15-13-5-6-14-12(7-8-23-14)16(13)22-20-15/h1-4,7-8H,5-6,9H2,(H,19,21). The van der Waals surface area contributed by atoms with E-state index in [2.05, 4.69) is 10.5 Å². The highest BCUT2D eigenvalue weighted by atomic mass is 35.5. The van der Waals surface area contributed by atoms with E-state index in [1.807, 2.05) is 23.6 Å². The Hall–Kier alpha value is -2.11. The largest absolute Gasteiger partial charge is 0.355 e. The molecule has 1 aliphatic carbocycles. The summed E-state index contributed by atoms with van der Waals surface area (Å²) in [4.78, 5) is 13.7. The molecule has 1 aromatic carbocycles. The molecule has 3 aromatic rings. The molecule has 0 unspecified atom stereocenters. The van der Waals surface area contributed by atoms with Crippen molar-refractivity contribution >= 4 is 28.8 Å². The molecule has 1 aliphatic rings. The number of aromatic nitrogens is 1. The van der Waals surface area contributed by atoms with Gasteiger partial charge in [-0.3, -0.25) is 4.79 Å². The maximum atomic E-state index is 12.4. The fraction of sp³-hybridized carbons (Fsp3) is 0.176. The second-order valence-electron chi connectivity index (χ2n) is 5.41. The van der Waals surface area contributed by atoms with E-state index in [9.17, 15) is 4.79 Å². The first-order valence-corrected chi connectivity index (χ1v) is 8.56. The van der Waals surface area contributed by atoms with Gasteiger partial charge in [-0.1, -0.05) is 28.9 Å². The van der Waals surface area contributed by atoms with Crippen LogP contribution >= 0.6 is 22.9 Å². The second kappa shape index (κ2) is 5.83. The van der Waals surface area contributed by atoms with E-state index in [0.717, 1.165) is 35.3 Å². The van der Waals surface area contributed by atoms with Gasteiger partial charge >= 0.3 is 0 Å². The van der Waals surface area contributed by atoms with Gasteiger partial charge in [-0.15, -0.1) is 11.3 Å². The zero-order valence-corrected chi connectivity index (χ0v) is 13.7. The topological polar surface area (TPSA) is 55.1 Å². The molecule has 0 aliphatic heterocycles. The Labute approximate surface area is 142 Å². The van der Waals surface area contributed by atoms with Crippen molar-refractivity contribution in [3.8, 4) is 11.3 Å². The minimum Gasteiger partial charge on any atom is -0.355 e. The normalized spacial score (nSPS) is 12.6. The summed E-state index contributed by atoms with van der Waals surface area (Å²) in [5.74, 6) is 0.535. The zero-order chi connectivity index (χ0) is 15.8. The van der Waals surface area contributed by atoms with Gasteiger partial charge in [-0.2, -0.15) is 0 Å². The Kier molecular flexibility index (Phi) is 3.67. The van der Waals surface area contributed by atoms with Crippen molar-refractivity contribution in [2.24, 2.45) is 0 Å². The van der Waals surface area contributed by atoms with Crippen LogP contribution in [0.4, 0.5) is 0 Å². The van der Waals surface area contributed by atoms with Crippen molar-refractivity contribution < 1.29 is 9.32 Å². The molecule has 4 rings (SSSR count). The Morgan fingerprint density at radius 1 is 1.26 bits per heavy atom. The Morgan fingerprint density at radius 2 is 2.09 bits per heavy atom. The molecule has 0 saturated carbocycles. The molecular weight excluding hydrogens is 332 g/mol.